The number of hydrogen-bond acceptors (Lipinski definition) is 3. The molecule has 0 radical (unpaired) electrons. The van der Waals surface area contributed by atoms with E-state index in [0.717, 1.165) is 5.69 Å². The summed E-state index contributed by atoms with van der Waals surface area (Å²) in [6.07, 6.45) is 2.95. The minimum Gasteiger partial charge on any atom is -0.378 e. The first kappa shape index (κ1) is 11.1. The molecule has 2 nitrogen and oxygen atoms in total. The van der Waals surface area contributed by atoms with Crippen molar-refractivity contribution in [2.45, 2.75) is 31.6 Å². The number of nitrogens with one attached hydrogen (secondary N) is 1. The largest absolute Gasteiger partial charge is 0.378 e. The van der Waals surface area contributed by atoms with Crippen molar-refractivity contribution in [3.05, 3.63) is 23.0 Å². The summed E-state index contributed by atoms with van der Waals surface area (Å²) in [5.41, 5.74) is 2.16. The molecule has 0 amide bonds. The number of pyridine rings is 1. The lowest BCUT2D eigenvalue weighted by molar-refractivity contribution is 0.723. The smallest absolute Gasteiger partial charge is 0.152 e. The lowest BCUT2D eigenvalue weighted by Crippen LogP contribution is -2.25. The molecule has 0 aromatic carbocycles. The summed E-state index contributed by atoms with van der Waals surface area (Å²) in [6.45, 7) is 4.32. The van der Waals surface area contributed by atoms with Crippen LogP contribution < -0.4 is 5.32 Å². The fourth-order valence-corrected chi connectivity index (χ4v) is 3.26. The van der Waals surface area contributed by atoms with Crippen LogP contribution in [0.2, 0.25) is 5.15 Å². The molecule has 82 valence electrons. The van der Waals surface area contributed by atoms with Gasteiger partial charge in [0.05, 0.1) is 5.69 Å². The van der Waals surface area contributed by atoms with Gasteiger partial charge in [0.15, 0.2) is 5.15 Å². The molecule has 15 heavy (non-hydrogen) atoms. The minimum absolute atomic E-state index is 0.524. The van der Waals surface area contributed by atoms with E-state index in [9.17, 15) is 0 Å². The van der Waals surface area contributed by atoms with Crippen molar-refractivity contribution in [3.8, 4) is 0 Å². The highest BCUT2D eigenvalue weighted by atomic mass is 35.5. The second-order valence-corrected chi connectivity index (χ2v) is 5.75. The minimum atomic E-state index is 0.524. The first-order valence-electron chi connectivity index (χ1n) is 5.17. The molecule has 4 heteroatoms. The van der Waals surface area contributed by atoms with Crippen LogP contribution in [0.5, 0.6) is 0 Å². The Morgan fingerprint density at radius 3 is 3.00 bits per heavy atom. The first-order chi connectivity index (χ1) is 7.18. The SMILES string of the molecule is Cc1ccnc(Cl)c1NC1CCSC1C. The zero-order valence-electron chi connectivity index (χ0n) is 8.96. The van der Waals surface area contributed by atoms with Crippen LogP contribution in [-0.2, 0) is 0 Å². The van der Waals surface area contributed by atoms with E-state index >= 15 is 0 Å². The third kappa shape index (κ3) is 2.40. The van der Waals surface area contributed by atoms with Gasteiger partial charge in [-0.05, 0) is 30.7 Å². The van der Waals surface area contributed by atoms with Crippen molar-refractivity contribution in [1.82, 2.24) is 4.98 Å². The number of anilines is 1. The molecule has 0 saturated carbocycles. The summed E-state index contributed by atoms with van der Waals surface area (Å²) in [7, 11) is 0. The van der Waals surface area contributed by atoms with Crippen molar-refractivity contribution < 1.29 is 0 Å². The van der Waals surface area contributed by atoms with Crippen LogP contribution >= 0.6 is 23.4 Å². The number of nitrogens with zero attached hydrogens (tertiary/aromatic N) is 1. The van der Waals surface area contributed by atoms with Crippen molar-refractivity contribution in [2.24, 2.45) is 0 Å². The van der Waals surface area contributed by atoms with Gasteiger partial charge in [0.2, 0.25) is 0 Å². The normalized spacial score (nSPS) is 25.5. The van der Waals surface area contributed by atoms with Gasteiger partial charge in [-0.15, -0.1) is 0 Å². The topological polar surface area (TPSA) is 24.9 Å². The van der Waals surface area contributed by atoms with Gasteiger partial charge in [0, 0.05) is 17.5 Å². The van der Waals surface area contributed by atoms with Crippen LogP contribution in [0.25, 0.3) is 0 Å². The molecule has 1 aliphatic rings. The molecule has 0 aliphatic carbocycles. The summed E-state index contributed by atoms with van der Waals surface area (Å²) in [5, 5.41) is 4.75. The van der Waals surface area contributed by atoms with E-state index in [1.165, 1.54) is 17.7 Å². The fraction of sp³-hybridized carbons (Fsp3) is 0.545. The Balaban J connectivity index is 2.16. The van der Waals surface area contributed by atoms with Crippen molar-refractivity contribution in [3.63, 3.8) is 0 Å². The maximum absolute atomic E-state index is 6.08. The standard InChI is InChI=1S/C11H15ClN2S/c1-7-3-5-13-11(12)10(7)14-9-4-6-15-8(9)2/h3,5,8-9,14H,4,6H2,1-2H3. The highest BCUT2D eigenvalue weighted by Gasteiger charge is 2.24. The second kappa shape index (κ2) is 4.62. The number of aromatic nitrogens is 1. The second-order valence-electron chi connectivity index (χ2n) is 3.91. The van der Waals surface area contributed by atoms with Gasteiger partial charge < -0.3 is 5.32 Å². The Morgan fingerprint density at radius 2 is 2.40 bits per heavy atom. The number of rotatable bonds is 2. The monoisotopic (exact) mass is 242 g/mol. The molecule has 1 aromatic rings. The average Bonchev–Trinajstić information content (AvgIpc) is 2.58. The van der Waals surface area contributed by atoms with E-state index in [-0.39, 0.29) is 0 Å². The molecule has 2 rings (SSSR count). The van der Waals surface area contributed by atoms with Gasteiger partial charge in [-0.2, -0.15) is 11.8 Å². The van der Waals surface area contributed by atoms with Crippen molar-refractivity contribution in [2.75, 3.05) is 11.1 Å². The molecule has 1 aromatic heterocycles. The highest BCUT2D eigenvalue weighted by Crippen LogP contribution is 2.31. The molecule has 2 heterocycles. The Morgan fingerprint density at radius 1 is 1.60 bits per heavy atom. The van der Waals surface area contributed by atoms with E-state index in [4.69, 9.17) is 11.6 Å². The molecule has 2 atom stereocenters. The van der Waals surface area contributed by atoms with E-state index in [0.29, 0.717) is 16.4 Å². The van der Waals surface area contributed by atoms with E-state index < -0.39 is 0 Å². The summed E-state index contributed by atoms with van der Waals surface area (Å²) in [4.78, 5) is 4.10. The molecule has 2 unspecified atom stereocenters. The predicted octanol–water partition coefficient (Wildman–Crippen LogP) is 3.35. The number of halogens is 1. The summed E-state index contributed by atoms with van der Waals surface area (Å²) in [6, 6.07) is 2.51. The average molecular weight is 243 g/mol. The lowest BCUT2D eigenvalue weighted by Gasteiger charge is -2.19. The van der Waals surface area contributed by atoms with Gasteiger partial charge in [-0.3, -0.25) is 0 Å². The van der Waals surface area contributed by atoms with E-state index in [1.807, 2.05) is 17.8 Å². The zero-order valence-corrected chi connectivity index (χ0v) is 10.5. The highest BCUT2D eigenvalue weighted by molar-refractivity contribution is 8.00. The van der Waals surface area contributed by atoms with Crippen LogP contribution in [-0.4, -0.2) is 22.0 Å². The van der Waals surface area contributed by atoms with Crippen LogP contribution in [0.4, 0.5) is 5.69 Å². The van der Waals surface area contributed by atoms with E-state index in [2.05, 4.69) is 24.1 Å². The third-order valence-corrected chi connectivity index (χ3v) is 4.43. The van der Waals surface area contributed by atoms with Crippen LogP contribution in [0, 0.1) is 6.92 Å². The Kier molecular flexibility index (Phi) is 3.42. The van der Waals surface area contributed by atoms with Crippen molar-refractivity contribution in [1.29, 1.82) is 0 Å². The molecular weight excluding hydrogens is 228 g/mol. The summed E-state index contributed by atoms with van der Waals surface area (Å²) < 4.78 is 0. The molecular formula is C11H15ClN2S. The lowest BCUT2D eigenvalue weighted by atomic mass is 10.1. The third-order valence-electron chi connectivity index (χ3n) is 2.82. The van der Waals surface area contributed by atoms with Crippen LogP contribution in [0.15, 0.2) is 12.3 Å². The van der Waals surface area contributed by atoms with E-state index in [1.54, 1.807) is 6.20 Å². The van der Waals surface area contributed by atoms with Crippen LogP contribution in [0.1, 0.15) is 18.9 Å². The maximum Gasteiger partial charge on any atom is 0.152 e. The quantitative estimate of drug-likeness (QED) is 0.806. The Hall–Kier alpha value is -0.410. The van der Waals surface area contributed by atoms with Gasteiger partial charge in [0.25, 0.3) is 0 Å². The number of aryl methyl sites for hydroxylation is 1. The number of hydrogen-bond donors (Lipinski definition) is 1. The van der Waals surface area contributed by atoms with Gasteiger partial charge in [0.1, 0.15) is 0 Å². The Bertz CT molecular complexity index is 336. The first-order valence-corrected chi connectivity index (χ1v) is 6.60. The summed E-state index contributed by atoms with van der Waals surface area (Å²) in [5.74, 6) is 1.23. The summed E-state index contributed by atoms with van der Waals surface area (Å²) >= 11 is 8.09. The van der Waals surface area contributed by atoms with Crippen molar-refractivity contribution >= 4 is 29.1 Å². The predicted molar refractivity (Wildman–Crippen MR) is 67.9 cm³/mol. The maximum atomic E-state index is 6.08. The fourth-order valence-electron chi connectivity index (χ4n) is 1.81. The zero-order chi connectivity index (χ0) is 10.8. The molecule has 1 aliphatic heterocycles. The van der Waals surface area contributed by atoms with Gasteiger partial charge in [-0.1, -0.05) is 18.5 Å². The van der Waals surface area contributed by atoms with Gasteiger partial charge >= 0.3 is 0 Å². The van der Waals surface area contributed by atoms with Crippen LogP contribution in [0.3, 0.4) is 0 Å². The van der Waals surface area contributed by atoms with Gasteiger partial charge in [-0.25, -0.2) is 4.98 Å². The number of thioether (sulfide) groups is 1. The molecule has 0 bridgehead atoms. The molecule has 1 N–H and O–H groups in total. The molecule has 1 saturated heterocycles. The molecule has 0 spiro atoms. The molecule has 1 fully saturated rings. The Labute approximate surface area is 99.8 Å².